The maximum absolute atomic E-state index is 12.3. The van der Waals surface area contributed by atoms with Gasteiger partial charge in [-0.3, -0.25) is 0 Å². The van der Waals surface area contributed by atoms with Gasteiger partial charge in [-0.05, 0) is 32.9 Å². The molecule has 1 aromatic carbocycles. The quantitative estimate of drug-likeness (QED) is 0.714. The Morgan fingerprint density at radius 1 is 1.14 bits per heavy atom. The van der Waals surface area contributed by atoms with Crippen LogP contribution in [0.3, 0.4) is 0 Å². The summed E-state index contributed by atoms with van der Waals surface area (Å²) < 4.78 is 1.75. The lowest BCUT2D eigenvalue weighted by molar-refractivity contribution is 0.192. The average Bonchev–Trinajstić information content (AvgIpc) is 3.11. The van der Waals surface area contributed by atoms with Crippen molar-refractivity contribution in [3.05, 3.63) is 41.3 Å². The van der Waals surface area contributed by atoms with E-state index >= 15 is 0 Å². The van der Waals surface area contributed by atoms with Gasteiger partial charge in [0.2, 0.25) is 0 Å². The summed E-state index contributed by atoms with van der Waals surface area (Å²) in [6, 6.07) is 7.66. The highest BCUT2D eigenvalue weighted by molar-refractivity contribution is 6.32. The van der Waals surface area contributed by atoms with Crippen molar-refractivity contribution in [2.24, 2.45) is 0 Å². The molecule has 9 heteroatoms. The number of hydrogen-bond acceptors (Lipinski definition) is 5. The summed E-state index contributed by atoms with van der Waals surface area (Å²) in [7, 11) is 0. The van der Waals surface area contributed by atoms with E-state index in [0.717, 1.165) is 22.5 Å². The van der Waals surface area contributed by atoms with Crippen LogP contribution in [-0.4, -0.2) is 62.9 Å². The summed E-state index contributed by atoms with van der Waals surface area (Å²) in [6.45, 7) is 8.49. The number of carbonyl (C=O) groups is 1. The summed E-state index contributed by atoms with van der Waals surface area (Å²) in [5.74, 6) is 1.51. The zero-order valence-electron chi connectivity index (χ0n) is 16.8. The fourth-order valence-electron chi connectivity index (χ4n) is 3.50. The molecule has 0 radical (unpaired) electrons. The lowest BCUT2D eigenvalue weighted by Gasteiger charge is -2.36. The molecule has 0 atom stereocenters. The van der Waals surface area contributed by atoms with Crippen molar-refractivity contribution < 1.29 is 4.79 Å². The van der Waals surface area contributed by atoms with E-state index < -0.39 is 0 Å². The number of aromatic nitrogens is 4. The monoisotopic (exact) mass is 413 g/mol. The van der Waals surface area contributed by atoms with Gasteiger partial charge in [0.05, 0.1) is 22.3 Å². The van der Waals surface area contributed by atoms with Gasteiger partial charge < -0.3 is 15.1 Å². The summed E-state index contributed by atoms with van der Waals surface area (Å²) >= 11 is 6.37. The smallest absolute Gasteiger partial charge is 0.317 e. The zero-order chi connectivity index (χ0) is 20.5. The second-order valence-electron chi connectivity index (χ2n) is 7.42. The lowest BCUT2D eigenvalue weighted by atomic mass is 10.2. The molecule has 2 aromatic heterocycles. The third-order valence-corrected chi connectivity index (χ3v) is 5.20. The third kappa shape index (κ3) is 3.85. The predicted octanol–water partition coefficient (Wildman–Crippen LogP) is 3.02. The van der Waals surface area contributed by atoms with Crippen molar-refractivity contribution >= 4 is 34.5 Å². The molecule has 0 aliphatic carbocycles. The molecule has 1 saturated heterocycles. The van der Waals surface area contributed by atoms with Crippen LogP contribution in [0, 0.1) is 6.92 Å². The van der Waals surface area contributed by atoms with Crippen molar-refractivity contribution in [1.82, 2.24) is 30.0 Å². The Bertz CT molecular complexity index is 1040. The SMILES string of the molecule is Cc1nc(N2CCN(C(=O)NC(C)C)CC2)c2cnn(-c3ccccc3Cl)c2n1. The van der Waals surface area contributed by atoms with Crippen LogP contribution < -0.4 is 10.2 Å². The van der Waals surface area contributed by atoms with E-state index in [9.17, 15) is 4.79 Å². The van der Waals surface area contributed by atoms with Crippen molar-refractivity contribution in [3.8, 4) is 5.69 Å². The second kappa shape index (κ2) is 7.87. The van der Waals surface area contributed by atoms with Gasteiger partial charge >= 0.3 is 6.03 Å². The summed E-state index contributed by atoms with van der Waals surface area (Å²) in [5.41, 5.74) is 1.50. The number of aryl methyl sites for hydroxylation is 1. The molecule has 2 amide bonds. The number of nitrogens with zero attached hydrogens (tertiary/aromatic N) is 6. The maximum Gasteiger partial charge on any atom is 0.317 e. The maximum atomic E-state index is 12.3. The predicted molar refractivity (Wildman–Crippen MR) is 114 cm³/mol. The molecule has 3 aromatic rings. The van der Waals surface area contributed by atoms with E-state index in [2.05, 4.69) is 25.3 Å². The van der Waals surface area contributed by atoms with Crippen LogP contribution in [0.2, 0.25) is 5.02 Å². The largest absolute Gasteiger partial charge is 0.352 e. The molecule has 0 spiro atoms. The van der Waals surface area contributed by atoms with Gasteiger partial charge in [0.25, 0.3) is 0 Å². The Morgan fingerprint density at radius 3 is 2.55 bits per heavy atom. The molecule has 152 valence electrons. The number of halogens is 1. The standard InChI is InChI=1S/C20H24ClN7O/c1-13(2)23-20(29)27-10-8-26(9-11-27)18-15-12-22-28(19(15)25-14(3)24-18)17-7-5-4-6-16(17)21/h4-7,12-13H,8-11H2,1-3H3,(H,23,29). The Labute approximate surface area is 174 Å². The van der Waals surface area contributed by atoms with Crippen LogP contribution in [-0.2, 0) is 0 Å². The molecular formula is C20H24ClN7O. The first-order valence-corrected chi connectivity index (χ1v) is 10.1. The lowest BCUT2D eigenvalue weighted by Crippen LogP contribution is -2.53. The molecular weight excluding hydrogens is 390 g/mol. The molecule has 1 aliphatic heterocycles. The summed E-state index contributed by atoms with van der Waals surface area (Å²) in [4.78, 5) is 25.6. The first-order valence-electron chi connectivity index (χ1n) is 9.71. The Balaban J connectivity index is 1.63. The van der Waals surface area contributed by atoms with Crippen molar-refractivity contribution in [1.29, 1.82) is 0 Å². The molecule has 1 aliphatic rings. The zero-order valence-corrected chi connectivity index (χ0v) is 17.5. The number of piperazine rings is 1. The minimum atomic E-state index is -0.0183. The minimum absolute atomic E-state index is 0.0183. The molecule has 1 N–H and O–H groups in total. The normalized spacial score (nSPS) is 14.7. The summed E-state index contributed by atoms with van der Waals surface area (Å²) in [5, 5.41) is 8.96. The Hall–Kier alpha value is -2.87. The van der Waals surface area contributed by atoms with E-state index in [0.29, 0.717) is 37.0 Å². The van der Waals surface area contributed by atoms with Crippen LogP contribution >= 0.6 is 11.6 Å². The number of nitrogens with one attached hydrogen (secondary N) is 1. The number of benzene rings is 1. The summed E-state index contributed by atoms with van der Waals surface area (Å²) in [6.07, 6.45) is 1.78. The molecule has 0 bridgehead atoms. The van der Waals surface area contributed by atoms with Gasteiger partial charge in [0.1, 0.15) is 11.6 Å². The highest BCUT2D eigenvalue weighted by Crippen LogP contribution is 2.28. The van der Waals surface area contributed by atoms with E-state index in [1.807, 2.05) is 49.9 Å². The first kappa shape index (κ1) is 19.4. The molecule has 1 fully saturated rings. The average molecular weight is 414 g/mol. The van der Waals surface area contributed by atoms with Crippen LogP contribution in [0.4, 0.5) is 10.6 Å². The number of rotatable bonds is 3. The Kier molecular flexibility index (Phi) is 5.27. The van der Waals surface area contributed by atoms with Crippen molar-refractivity contribution in [2.75, 3.05) is 31.1 Å². The van der Waals surface area contributed by atoms with Gasteiger partial charge in [-0.2, -0.15) is 5.10 Å². The highest BCUT2D eigenvalue weighted by atomic mass is 35.5. The van der Waals surface area contributed by atoms with Gasteiger partial charge in [-0.15, -0.1) is 0 Å². The number of hydrogen-bond donors (Lipinski definition) is 1. The number of anilines is 1. The molecule has 0 unspecified atom stereocenters. The van der Waals surface area contributed by atoms with Gasteiger partial charge in [-0.25, -0.2) is 19.4 Å². The first-order chi connectivity index (χ1) is 13.9. The van der Waals surface area contributed by atoms with Crippen molar-refractivity contribution in [2.45, 2.75) is 26.8 Å². The fraction of sp³-hybridized carbons (Fsp3) is 0.400. The van der Waals surface area contributed by atoms with Crippen molar-refractivity contribution in [3.63, 3.8) is 0 Å². The number of fused-ring (bicyclic) bond motifs is 1. The number of amides is 2. The minimum Gasteiger partial charge on any atom is -0.352 e. The molecule has 0 saturated carbocycles. The fourth-order valence-corrected chi connectivity index (χ4v) is 3.72. The number of para-hydroxylation sites is 1. The van der Waals surface area contributed by atoms with E-state index in [4.69, 9.17) is 11.6 Å². The van der Waals surface area contributed by atoms with E-state index in [1.54, 1.807) is 10.9 Å². The van der Waals surface area contributed by atoms with Crippen LogP contribution in [0.5, 0.6) is 0 Å². The topological polar surface area (TPSA) is 79.2 Å². The molecule has 3 heterocycles. The molecule has 4 rings (SSSR count). The van der Waals surface area contributed by atoms with Crippen LogP contribution in [0.1, 0.15) is 19.7 Å². The highest BCUT2D eigenvalue weighted by Gasteiger charge is 2.25. The van der Waals surface area contributed by atoms with Gasteiger partial charge in [0.15, 0.2) is 5.65 Å². The number of urea groups is 1. The van der Waals surface area contributed by atoms with Gasteiger partial charge in [0, 0.05) is 32.2 Å². The van der Waals surface area contributed by atoms with Crippen LogP contribution in [0.25, 0.3) is 16.7 Å². The van der Waals surface area contributed by atoms with Crippen LogP contribution in [0.15, 0.2) is 30.5 Å². The molecule has 29 heavy (non-hydrogen) atoms. The van der Waals surface area contributed by atoms with Gasteiger partial charge in [-0.1, -0.05) is 23.7 Å². The third-order valence-electron chi connectivity index (χ3n) is 4.88. The Morgan fingerprint density at radius 2 is 1.86 bits per heavy atom. The molecule has 8 nitrogen and oxygen atoms in total. The number of carbonyl (C=O) groups excluding carboxylic acids is 1. The van der Waals surface area contributed by atoms with E-state index in [-0.39, 0.29) is 12.1 Å². The second-order valence-corrected chi connectivity index (χ2v) is 7.82. The van der Waals surface area contributed by atoms with E-state index in [1.165, 1.54) is 0 Å².